The van der Waals surface area contributed by atoms with Crippen molar-refractivity contribution >= 4 is 36.1 Å². The van der Waals surface area contributed by atoms with Crippen LogP contribution >= 0.6 is 19.2 Å². The van der Waals surface area contributed by atoms with Gasteiger partial charge in [-0.15, -0.1) is 11.6 Å². The van der Waals surface area contributed by atoms with E-state index in [0.29, 0.717) is 0 Å². The van der Waals surface area contributed by atoms with Crippen molar-refractivity contribution in [2.24, 2.45) is 0 Å². The zero-order valence-electron chi connectivity index (χ0n) is 10.9. The van der Waals surface area contributed by atoms with Gasteiger partial charge in [0.15, 0.2) is 8.32 Å². The van der Waals surface area contributed by atoms with E-state index in [4.69, 9.17) is 24.5 Å². The van der Waals surface area contributed by atoms with Crippen molar-refractivity contribution in [2.75, 3.05) is 19.2 Å². The fourth-order valence-corrected chi connectivity index (χ4v) is 12.1. The molecule has 98 valence electrons. The Morgan fingerprint density at radius 3 is 2.00 bits per heavy atom. The molecule has 8 heteroatoms. The third-order valence-electron chi connectivity index (χ3n) is 1.55. The van der Waals surface area contributed by atoms with Crippen LogP contribution in [0.1, 0.15) is 0 Å². The Labute approximate surface area is 106 Å². The first kappa shape index (κ1) is 16.8. The largest absolute Gasteiger partial charge is 0.436 e. The second kappa shape index (κ2) is 6.13. The summed E-state index contributed by atoms with van der Waals surface area (Å²) in [5.41, 5.74) is 0. The minimum absolute atomic E-state index is 0.219. The van der Waals surface area contributed by atoms with Crippen LogP contribution in [0.4, 0.5) is 0 Å². The molecule has 0 fully saturated rings. The van der Waals surface area contributed by atoms with Gasteiger partial charge in [0, 0.05) is 13.0 Å². The molecule has 1 unspecified atom stereocenters. The van der Waals surface area contributed by atoms with Crippen LogP contribution < -0.4 is 0 Å². The minimum Gasteiger partial charge on any atom is -0.436 e. The number of hydrogen-bond acceptors (Lipinski definition) is 4. The van der Waals surface area contributed by atoms with E-state index in [-0.39, 0.29) is 12.0 Å². The molecule has 0 N–H and O–H groups in total. The third kappa shape index (κ3) is 7.22. The highest BCUT2D eigenvalue weighted by atomic mass is 35.5. The van der Waals surface area contributed by atoms with Gasteiger partial charge >= 0.3 is 16.2 Å². The molecule has 0 spiro atoms. The molecule has 0 aliphatic carbocycles. The van der Waals surface area contributed by atoms with Crippen LogP contribution in [0.15, 0.2) is 0 Å². The fourth-order valence-electron chi connectivity index (χ4n) is 1.37. The quantitative estimate of drug-likeness (QED) is 0.409. The maximum absolute atomic E-state index is 12.1. The molecule has 0 aromatic carbocycles. The molecule has 0 radical (unpaired) electrons. The highest BCUT2D eigenvalue weighted by Gasteiger charge is 2.38. The van der Waals surface area contributed by atoms with Gasteiger partial charge in [0.1, 0.15) is 0 Å². The molecule has 16 heavy (non-hydrogen) atoms. The van der Waals surface area contributed by atoms with E-state index in [1.807, 2.05) is 13.1 Å². The van der Waals surface area contributed by atoms with Crippen LogP contribution in [-0.4, -0.2) is 36.0 Å². The smallest absolute Gasteiger partial charge is 0.330 e. The van der Waals surface area contributed by atoms with Crippen LogP contribution in [-0.2, 0) is 17.4 Å². The van der Waals surface area contributed by atoms with Crippen LogP contribution in [0.5, 0.6) is 0 Å². The summed E-state index contributed by atoms with van der Waals surface area (Å²) in [4.78, 5) is 0. The van der Waals surface area contributed by atoms with Gasteiger partial charge in [-0.2, -0.15) is 0 Å². The van der Waals surface area contributed by atoms with Crippen LogP contribution in [0.25, 0.3) is 0 Å². The third-order valence-corrected chi connectivity index (χ3v) is 10.6. The standard InChI is InChI=1S/C8H22ClO4PSi2/c1-11-14(10,8-7-9)12-16(5,6)13-15(2,3)4/h7-8H2,1-6H3. The molecule has 0 aromatic rings. The van der Waals surface area contributed by atoms with E-state index in [1.54, 1.807) is 0 Å². The Hall–Kier alpha value is 0.834. The lowest BCUT2D eigenvalue weighted by molar-refractivity contribution is 0.295. The normalized spacial score (nSPS) is 17.2. The maximum atomic E-state index is 12.1. The summed E-state index contributed by atoms with van der Waals surface area (Å²) in [5.74, 6) is 0.253. The molecule has 0 saturated carbocycles. The predicted molar refractivity (Wildman–Crippen MR) is 73.2 cm³/mol. The minimum atomic E-state index is -3.08. The SMILES string of the molecule is COP(=O)(CCCl)O[Si](C)(C)O[Si](C)(C)C. The molecule has 0 saturated heterocycles. The number of alkyl halides is 1. The molecular formula is C8H22ClO4PSi2. The summed E-state index contributed by atoms with van der Waals surface area (Å²) in [6.45, 7) is 9.98. The van der Waals surface area contributed by atoms with Crippen molar-refractivity contribution in [3.63, 3.8) is 0 Å². The molecular weight excluding hydrogens is 283 g/mol. The molecule has 0 aliphatic rings. The summed E-state index contributed by atoms with van der Waals surface area (Å²) in [7, 11) is -5.82. The first-order valence-corrected chi connectivity index (χ1v) is 13.6. The maximum Gasteiger partial charge on any atom is 0.330 e. The lowest BCUT2D eigenvalue weighted by Gasteiger charge is -2.33. The van der Waals surface area contributed by atoms with E-state index >= 15 is 0 Å². The first-order chi connectivity index (χ1) is 7.04. The molecule has 4 nitrogen and oxygen atoms in total. The summed E-state index contributed by atoms with van der Waals surface area (Å²) < 4.78 is 28.6. The summed E-state index contributed by atoms with van der Waals surface area (Å²) in [6.07, 6.45) is 0.219. The van der Waals surface area contributed by atoms with Gasteiger partial charge in [0.05, 0.1) is 6.16 Å². The summed E-state index contributed by atoms with van der Waals surface area (Å²) in [5, 5.41) is 0. The topological polar surface area (TPSA) is 44.8 Å². The van der Waals surface area contributed by atoms with Gasteiger partial charge in [-0.1, -0.05) is 0 Å². The van der Waals surface area contributed by atoms with E-state index in [2.05, 4.69) is 19.6 Å². The Kier molecular flexibility index (Phi) is 6.45. The Balaban J connectivity index is 4.61. The number of rotatable bonds is 7. The monoisotopic (exact) mass is 304 g/mol. The van der Waals surface area contributed by atoms with Gasteiger partial charge < -0.3 is 12.9 Å². The Morgan fingerprint density at radius 1 is 1.19 bits per heavy atom. The van der Waals surface area contributed by atoms with Crippen LogP contribution in [0, 0.1) is 0 Å². The summed E-state index contributed by atoms with van der Waals surface area (Å²) in [6, 6.07) is 0. The fraction of sp³-hybridized carbons (Fsp3) is 1.00. The van der Waals surface area contributed by atoms with Crippen molar-refractivity contribution in [3.05, 3.63) is 0 Å². The van der Waals surface area contributed by atoms with E-state index < -0.39 is 24.5 Å². The van der Waals surface area contributed by atoms with Crippen molar-refractivity contribution in [3.8, 4) is 0 Å². The lowest BCUT2D eigenvalue weighted by Crippen LogP contribution is -2.44. The average molecular weight is 305 g/mol. The van der Waals surface area contributed by atoms with E-state index in [0.717, 1.165) is 0 Å². The molecule has 0 aromatic heterocycles. The van der Waals surface area contributed by atoms with Crippen molar-refractivity contribution in [1.82, 2.24) is 0 Å². The Morgan fingerprint density at radius 2 is 1.69 bits per heavy atom. The van der Waals surface area contributed by atoms with Gasteiger partial charge in [-0.05, 0) is 32.7 Å². The highest BCUT2D eigenvalue weighted by Crippen LogP contribution is 2.50. The molecule has 0 amide bonds. The number of halogens is 1. The lowest BCUT2D eigenvalue weighted by atomic mass is 11.0. The highest BCUT2D eigenvalue weighted by molar-refractivity contribution is 7.55. The van der Waals surface area contributed by atoms with Crippen LogP contribution in [0.2, 0.25) is 32.7 Å². The molecule has 1 atom stereocenters. The molecule has 0 aliphatic heterocycles. The Bertz CT molecular complexity index is 267. The van der Waals surface area contributed by atoms with Gasteiger partial charge in [0.25, 0.3) is 0 Å². The van der Waals surface area contributed by atoms with Crippen molar-refractivity contribution in [2.45, 2.75) is 32.7 Å². The van der Waals surface area contributed by atoms with Gasteiger partial charge in [-0.3, -0.25) is 4.57 Å². The zero-order valence-corrected chi connectivity index (χ0v) is 14.5. The second-order valence-corrected chi connectivity index (χ2v) is 15.9. The molecule has 0 bridgehead atoms. The number of hydrogen-bond donors (Lipinski definition) is 0. The van der Waals surface area contributed by atoms with Crippen LogP contribution in [0.3, 0.4) is 0 Å². The summed E-state index contributed by atoms with van der Waals surface area (Å²) >= 11 is 5.58. The van der Waals surface area contributed by atoms with Gasteiger partial charge in [0.2, 0.25) is 0 Å². The predicted octanol–water partition coefficient (Wildman–Crippen LogP) is 3.63. The van der Waals surface area contributed by atoms with E-state index in [1.165, 1.54) is 7.11 Å². The molecule has 0 rings (SSSR count). The van der Waals surface area contributed by atoms with Crippen molar-refractivity contribution in [1.29, 1.82) is 0 Å². The first-order valence-electron chi connectivity index (χ1n) is 5.15. The van der Waals surface area contributed by atoms with E-state index in [9.17, 15) is 4.57 Å². The van der Waals surface area contributed by atoms with Crippen molar-refractivity contribution < 1.29 is 17.4 Å². The second-order valence-electron chi connectivity index (χ2n) is 4.91. The van der Waals surface area contributed by atoms with Gasteiger partial charge in [-0.25, -0.2) is 0 Å². The molecule has 0 heterocycles. The average Bonchev–Trinajstić information content (AvgIpc) is 1.98. The zero-order chi connectivity index (χ0) is 13.0.